The summed E-state index contributed by atoms with van der Waals surface area (Å²) in [6.07, 6.45) is -3.76. The number of amides is 3. The summed E-state index contributed by atoms with van der Waals surface area (Å²) in [6.45, 7) is 3.24. The molecule has 2 heterocycles. The highest BCUT2D eigenvalue weighted by Crippen LogP contribution is 2.21. The van der Waals surface area contributed by atoms with Gasteiger partial charge in [-0.05, 0) is 26.7 Å². The van der Waals surface area contributed by atoms with Crippen LogP contribution in [0.15, 0.2) is 0 Å². The van der Waals surface area contributed by atoms with E-state index in [9.17, 15) is 22.8 Å². The normalized spacial score (nSPS) is 29.6. The van der Waals surface area contributed by atoms with Crippen molar-refractivity contribution >= 4 is 11.9 Å². The van der Waals surface area contributed by atoms with Gasteiger partial charge in [-0.2, -0.15) is 13.2 Å². The first-order chi connectivity index (χ1) is 10.7. The lowest BCUT2D eigenvalue weighted by atomic mass is 10.0. The van der Waals surface area contributed by atoms with E-state index in [0.29, 0.717) is 26.0 Å². The van der Waals surface area contributed by atoms with E-state index in [4.69, 9.17) is 4.74 Å². The number of nitrogens with zero attached hydrogens (tertiary/aromatic N) is 2. The lowest BCUT2D eigenvalue weighted by molar-refractivity contribution is -0.164. The van der Waals surface area contributed by atoms with Gasteiger partial charge in [-0.3, -0.25) is 4.79 Å². The first kappa shape index (κ1) is 17.8. The molecule has 2 rings (SSSR count). The first-order valence-electron chi connectivity index (χ1n) is 7.71. The number of nitrogens with one attached hydrogen (secondary N) is 1. The summed E-state index contributed by atoms with van der Waals surface area (Å²) in [5, 5.41) is 2.58. The molecule has 0 radical (unpaired) electrons. The minimum atomic E-state index is -4.43. The van der Waals surface area contributed by atoms with Crippen LogP contribution in [0.5, 0.6) is 0 Å². The van der Waals surface area contributed by atoms with Crippen molar-refractivity contribution in [2.75, 3.05) is 26.2 Å². The summed E-state index contributed by atoms with van der Waals surface area (Å²) >= 11 is 0. The van der Waals surface area contributed by atoms with Gasteiger partial charge in [0.25, 0.3) is 0 Å². The van der Waals surface area contributed by atoms with Gasteiger partial charge in [-0.15, -0.1) is 0 Å². The van der Waals surface area contributed by atoms with E-state index in [1.165, 1.54) is 0 Å². The number of alkyl halides is 3. The molecule has 6 nitrogen and oxygen atoms in total. The van der Waals surface area contributed by atoms with Gasteiger partial charge >= 0.3 is 12.2 Å². The average Bonchev–Trinajstić information content (AvgIpc) is 2.44. The molecule has 23 heavy (non-hydrogen) atoms. The molecule has 2 aliphatic rings. The fourth-order valence-electron chi connectivity index (χ4n) is 2.87. The zero-order valence-electron chi connectivity index (χ0n) is 13.2. The van der Waals surface area contributed by atoms with Crippen LogP contribution in [0.2, 0.25) is 0 Å². The highest BCUT2D eigenvalue weighted by Gasteiger charge is 2.38. The van der Waals surface area contributed by atoms with E-state index >= 15 is 0 Å². The van der Waals surface area contributed by atoms with Gasteiger partial charge in [0.2, 0.25) is 5.91 Å². The van der Waals surface area contributed by atoms with Gasteiger partial charge < -0.3 is 19.9 Å². The van der Waals surface area contributed by atoms with Crippen molar-refractivity contribution < 1.29 is 27.5 Å². The number of rotatable bonds is 2. The summed E-state index contributed by atoms with van der Waals surface area (Å²) in [5.74, 6) is -0.670. The Balaban J connectivity index is 1.95. The fraction of sp³-hybridized carbons (Fsp3) is 0.857. The van der Waals surface area contributed by atoms with E-state index in [0.717, 1.165) is 4.90 Å². The second-order valence-corrected chi connectivity index (χ2v) is 6.16. The maximum absolute atomic E-state index is 12.5. The molecule has 2 saturated heterocycles. The minimum absolute atomic E-state index is 0.0652. The number of hydrogen-bond donors (Lipinski definition) is 1. The number of likely N-dealkylation sites (tertiary alicyclic amines) is 1. The van der Waals surface area contributed by atoms with Crippen molar-refractivity contribution in [1.82, 2.24) is 15.1 Å². The van der Waals surface area contributed by atoms with Crippen molar-refractivity contribution in [3.63, 3.8) is 0 Å². The third-order valence-electron chi connectivity index (χ3n) is 4.07. The highest BCUT2D eigenvalue weighted by atomic mass is 19.4. The Morgan fingerprint density at radius 1 is 1.39 bits per heavy atom. The number of morpholine rings is 1. The summed E-state index contributed by atoms with van der Waals surface area (Å²) in [4.78, 5) is 26.8. The van der Waals surface area contributed by atoms with Crippen molar-refractivity contribution in [3.05, 3.63) is 0 Å². The number of carbonyl (C=O) groups excluding carboxylic acids is 2. The van der Waals surface area contributed by atoms with Crippen LogP contribution in [0.25, 0.3) is 0 Å². The standard InChI is InChI=1S/C14H22F3N3O3/c1-9-7-23-10(2)6-20(9)13(22)18-11-4-3-5-19(12(11)21)8-14(15,16)17/h9-11H,3-8H2,1-2H3,(H,18,22)/t9-,10+,11+/m0/s1. The summed E-state index contributed by atoms with van der Waals surface area (Å²) in [6, 6.07) is -1.47. The van der Waals surface area contributed by atoms with E-state index in [-0.39, 0.29) is 18.7 Å². The van der Waals surface area contributed by atoms with E-state index in [1.807, 2.05) is 13.8 Å². The number of ether oxygens (including phenoxy) is 1. The lowest BCUT2D eigenvalue weighted by Crippen LogP contribution is -2.59. The Morgan fingerprint density at radius 2 is 2.09 bits per heavy atom. The molecule has 0 aromatic heterocycles. The highest BCUT2D eigenvalue weighted by molar-refractivity contribution is 5.87. The molecule has 2 fully saturated rings. The Bertz CT molecular complexity index is 458. The molecule has 1 N–H and O–H groups in total. The fourth-order valence-corrected chi connectivity index (χ4v) is 2.87. The third kappa shape index (κ3) is 4.73. The van der Waals surface area contributed by atoms with Crippen LogP contribution in [-0.2, 0) is 9.53 Å². The number of urea groups is 1. The molecule has 9 heteroatoms. The minimum Gasteiger partial charge on any atom is -0.375 e. The number of piperidine rings is 1. The topological polar surface area (TPSA) is 61.9 Å². The van der Waals surface area contributed by atoms with Gasteiger partial charge in [0.1, 0.15) is 12.6 Å². The van der Waals surface area contributed by atoms with Crippen molar-refractivity contribution in [1.29, 1.82) is 0 Å². The Kier molecular flexibility index (Phi) is 5.38. The third-order valence-corrected chi connectivity index (χ3v) is 4.07. The molecule has 0 bridgehead atoms. The molecule has 0 spiro atoms. The molecule has 0 aromatic rings. The van der Waals surface area contributed by atoms with Crippen molar-refractivity contribution in [2.24, 2.45) is 0 Å². The maximum Gasteiger partial charge on any atom is 0.406 e. The van der Waals surface area contributed by atoms with E-state index in [1.54, 1.807) is 4.90 Å². The van der Waals surface area contributed by atoms with Crippen LogP contribution in [-0.4, -0.2) is 72.3 Å². The quantitative estimate of drug-likeness (QED) is 0.828. The molecule has 0 saturated carbocycles. The number of halogens is 3. The number of hydrogen-bond acceptors (Lipinski definition) is 3. The van der Waals surface area contributed by atoms with Gasteiger partial charge in [-0.1, -0.05) is 0 Å². The SMILES string of the molecule is C[C@@H]1CN(C(=O)N[C@@H]2CCCN(CC(F)(F)F)C2=O)[C@@H](C)CO1. The van der Waals surface area contributed by atoms with Crippen molar-refractivity contribution in [3.8, 4) is 0 Å². The molecule has 2 aliphatic heterocycles. The summed E-state index contributed by atoms with van der Waals surface area (Å²) in [5.41, 5.74) is 0. The zero-order chi connectivity index (χ0) is 17.2. The van der Waals surface area contributed by atoms with Crippen LogP contribution in [0.4, 0.5) is 18.0 Å². The van der Waals surface area contributed by atoms with Gasteiger partial charge in [0, 0.05) is 13.1 Å². The summed E-state index contributed by atoms with van der Waals surface area (Å²) < 4.78 is 42.9. The van der Waals surface area contributed by atoms with E-state index in [2.05, 4.69) is 5.32 Å². The van der Waals surface area contributed by atoms with Gasteiger partial charge in [-0.25, -0.2) is 4.79 Å². The average molecular weight is 337 g/mol. The van der Waals surface area contributed by atoms with Crippen molar-refractivity contribution in [2.45, 2.75) is 51.1 Å². The van der Waals surface area contributed by atoms with Crippen LogP contribution >= 0.6 is 0 Å². The molecular formula is C14H22F3N3O3. The van der Waals surface area contributed by atoms with E-state index < -0.39 is 30.7 Å². The molecule has 0 aliphatic carbocycles. The molecular weight excluding hydrogens is 315 g/mol. The number of carbonyl (C=O) groups is 2. The predicted octanol–water partition coefficient (Wildman–Crippen LogP) is 1.36. The Morgan fingerprint density at radius 3 is 2.74 bits per heavy atom. The van der Waals surface area contributed by atoms with Crippen LogP contribution in [0.3, 0.4) is 0 Å². The smallest absolute Gasteiger partial charge is 0.375 e. The second kappa shape index (κ2) is 6.94. The monoisotopic (exact) mass is 337 g/mol. The van der Waals surface area contributed by atoms with Gasteiger partial charge in [0.15, 0.2) is 0 Å². The first-order valence-corrected chi connectivity index (χ1v) is 7.71. The largest absolute Gasteiger partial charge is 0.406 e. The molecule has 3 atom stereocenters. The van der Waals surface area contributed by atoms with Crippen LogP contribution < -0.4 is 5.32 Å². The summed E-state index contributed by atoms with van der Waals surface area (Å²) in [7, 11) is 0. The molecule has 132 valence electrons. The predicted molar refractivity (Wildman–Crippen MR) is 75.8 cm³/mol. The molecule has 3 amide bonds. The van der Waals surface area contributed by atoms with Crippen LogP contribution in [0.1, 0.15) is 26.7 Å². The maximum atomic E-state index is 12.5. The Labute approximate surface area is 132 Å². The Hall–Kier alpha value is -1.51. The second-order valence-electron chi connectivity index (χ2n) is 6.16. The van der Waals surface area contributed by atoms with Gasteiger partial charge in [0.05, 0.1) is 18.8 Å². The molecule has 0 aromatic carbocycles. The zero-order valence-corrected chi connectivity index (χ0v) is 13.2. The van der Waals surface area contributed by atoms with Crippen LogP contribution in [0, 0.1) is 0 Å². The lowest BCUT2D eigenvalue weighted by Gasteiger charge is -2.39. The molecule has 0 unspecified atom stereocenters.